The van der Waals surface area contributed by atoms with Gasteiger partial charge in [-0.1, -0.05) is 25.6 Å². The van der Waals surface area contributed by atoms with Gasteiger partial charge in [-0.25, -0.2) is 9.97 Å². The van der Waals surface area contributed by atoms with E-state index in [9.17, 15) is 9.59 Å². The molecule has 1 saturated heterocycles. The van der Waals surface area contributed by atoms with Crippen LogP contribution in [0.15, 0.2) is 5.03 Å². The van der Waals surface area contributed by atoms with E-state index in [4.69, 9.17) is 4.74 Å². The average molecular weight is 422 g/mol. The molecule has 1 amide bonds. The Morgan fingerprint density at radius 1 is 1.18 bits per heavy atom. The molecule has 3 rings (SSSR count). The molecular weight excluding hydrogens is 394 g/mol. The van der Waals surface area contributed by atoms with E-state index >= 15 is 0 Å². The van der Waals surface area contributed by atoms with Crippen molar-refractivity contribution < 1.29 is 14.3 Å². The SMILES string of the molecule is Cc1nc(SCC(=O)OCC(=O)N2C[C@H](C)C[C@@H](C)C2)c2c(C)c(C)sc2n1. The molecule has 3 heterocycles. The number of esters is 1. The Bertz CT molecular complexity index is 886. The molecule has 28 heavy (non-hydrogen) atoms. The van der Waals surface area contributed by atoms with Crippen molar-refractivity contribution in [1.82, 2.24) is 14.9 Å². The number of nitrogens with zero attached hydrogens (tertiary/aromatic N) is 3. The Hall–Kier alpha value is -1.67. The summed E-state index contributed by atoms with van der Waals surface area (Å²) < 4.78 is 5.24. The van der Waals surface area contributed by atoms with Crippen molar-refractivity contribution in [3.05, 3.63) is 16.3 Å². The van der Waals surface area contributed by atoms with Crippen LogP contribution in [-0.4, -0.2) is 52.2 Å². The molecule has 0 saturated carbocycles. The van der Waals surface area contributed by atoms with Gasteiger partial charge in [0.1, 0.15) is 15.7 Å². The van der Waals surface area contributed by atoms with Crippen molar-refractivity contribution in [2.75, 3.05) is 25.4 Å². The van der Waals surface area contributed by atoms with Gasteiger partial charge in [-0.2, -0.15) is 0 Å². The van der Waals surface area contributed by atoms with Gasteiger partial charge >= 0.3 is 5.97 Å². The number of likely N-dealkylation sites (tertiary alicyclic amines) is 1. The summed E-state index contributed by atoms with van der Waals surface area (Å²) in [7, 11) is 0. The zero-order chi connectivity index (χ0) is 20.4. The first-order valence-electron chi connectivity index (χ1n) is 9.55. The van der Waals surface area contributed by atoms with Gasteiger partial charge in [-0.15, -0.1) is 11.3 Å². The van der Waals surface area contributed by atoms with E-state index in [0.717, 1.165) is 40.3 Å². The monoisotopic (exact) mass is 421 g/mol. The molecule has 8 heteroatoms. The molecule has 2 atom stereocenters. The van der Waals surface area contributed by atoms with E-state index in [1.807, 2.05) is 11.8 Å². The summed E-state index contributed by atoms with van der Waals surface area (Å²) >= 11 is 2.98. The van der Waals surface area contributed by atoms with Gasteiger partial charge in [0.2, 0.25) is 0 Å². The second-order valence-corrected chi connectivity index (χ2v) is 9.90. The van der Waals surface area contributed by atoms with Gasteiger partial charge in [0, 0.05) is 23.4 Å². The van der Waals surface area contributed by atoms with Crippen LogP contribution in [0.1, 0.15) is 36.5 Å². The number of thiophene rings is 1. The quantitative estimate of drug-likeness (QED) is 0.416. The highest BCUT2D eigenvalue weighted by molar-refractivity contribution is 8.00. The predicted octanol–water partition coefficient (Wildman–Crippen LogP) is 3.76. The van der Waals surface area contributed by atoms with E-state index in [0.29, 0.717) is 17.7 Å². The van der Waals surface area contributed by atoms with Gasteiger partial charge in [0.25, 0.3) is 5.91 Å². The van der Waals surface area contributed by atoms with Crippen LogP contribution in [0, 0.1) is 32.6 Å². The summed E-state index contributed by atoms with van der Waals surface area (Å²) in [5, 5.41) is 1.81. The van der Waals surface area contributed by atoms with Crippen molar-refractivity contribution in [2.24, 2.45) is 11.8 Å². The lowest BCUT2D eigenvalue weighted by atomic mass is 9.92. The highest BCUT2D eigenvalue weighted by Crippen LogP contribution is 2.35. The maximum Gasteiger partial charge on any atom is 0.316 e. The first-order chi connectivity index (χ1) is 13.2. The van der Waals surface area contributed by atoms with Crippen molar-refractivity contribution >= 4 is 45.2 Å². The lowest BCUT2D eigenvalue weighted by molar-refractivity contribution is -0.151. The Morgan fingerprint density at radius 3 is 2.54 bits per heavy atom. The van der Waals surface area contributed by atoms with E-state index in [2.05, 4.69) is 37.7 Å². The number of aryl methyl sites for hydroxylation is 3. The third-order valence-corrected chi connectivity index (χ3v) is 7.06. The zero-order valence-corrected chi connectivity index (χ0v) is 18.7. The van der Waals surface area contributed by atoms with E-state index in [1.54, 1.807) is 11.3 Å². The predicted molar refractivity (Wildman–Crippen MR) is 113 cm³/mol. The highest BCUT2D eigenvalue weighted by Gasteiger charge is 2.26. The third kappa shape index (κ3) is 4.84. The molecule has 0 aliphatic carbocycles. The molecular formula is C20H27N3O3S2. The largest absolute Gasteiger partial charge is 0.455 e. The normalized spacial score (nSPS) is 19.8. The molecule has 0 aromatic carbocycles. The van der Waals surface area contributed by atoms with Gasteiger partial charge in [-0.05, 0) is 44.6 Å². The van der Waals surface area contributed by atoms with Crippen LogP contribution in [0.5, 0.6) is 0 Å². The fourth-order valence-electron chi connectivity index (χ4n) is 3.69. The van der Waals surface area contributed by atoms with Gasteiger partial charge in [0.05, 0.1) is 5.75 Å². The first-order valence-corrected chi connectivity index (χ1v) is 11.3. The second kappa shape index (κ2) is 8.78. The minimum absolute atomic E-state index is 0.110. The second-order valence-electron chi connectivity index (χ2n) is 7.73. The summed E-state index contributed by atoms with van der Waals surface area (Å²) in [4.78, 5) is 37.5. The van der Waals surface area contributed by atoms with Crippen molar-refractivity contribution in [2.45, 2.75) is 46.1 Å². The Balaban J connectivity index is 1.56. The number of hydrogen-bond donors (Lipinski definition) is 0. The van der Waals surface area contributed by atoms with Gasteiger partial charge in [0.15, 0.2) is 6.61 Å². The topological polar surface area (TPSA) is 72.4 Å². The third-order valence-electron chi connectivity index (χ3n) is 5.01. The molecule has 0 bridgehead atoms. The fraction of sp³-hybridized carbons (Fsp3) is 0.600. The van der Waals surface area contributed by atoms with Crippen molar-refractivity contribution in [3.8, 4) is 0 Å². The summed E-state index contributed by atoms with van der Waals surface area (Å²) in [5.74, 6) is 1.28. The average Bonchev–Trinajstić information content (AvgIpc) is 2.90. The minimum Gasteiger partial charge on any atom is -0.455 e. The molecule has 0 radical (unpaired) electrons. The van der Waals surface area contributed by atoms with Crippen molar-refractivity contribution in [1.29, 1.82) is 0 Å². The highest BCUT2D eigenvalue weighted by atomic mass is 32.2. The van der Waals surface area contributed by atoms with Gasteiger partial charge in [-0.3, -0.25) is 9.59 Å². The Morgan fingerprint density at radius 2 is 1.86 bits per heavy atom. The number of piperidine rings is 1. The maximum absolute atomic E-state index is 12.4. The molecule has 152 valence electrons. The number of hydrogen-bond acceptors (Lipinski definition) is 7. The van der Waals surface area contributed by atoms with Crippen LogP contribution in [-0.2, 0) is 14.3 Å². The van der Waals surface area contributed by atoms with Gasteiger partial charge < -0.3 is 9.64 Å². The molecule has 0 unspecified atom stereocenters. The number of rotatable bonds is 5. The van der Waals surface area contributed by atoms with Crippen LogP contribution in [0.3, 0.4) is 0 Å². The molecule has 2 aromatic heterocycles. The van der Waals surface area contributed by atoms with Crippen LogP contribution in [0.2, 0.25) is 0 Å². The van der Waals surface area contributed by atoms with Crippen LogP contribution in [0.25, 0.3) is 10.2 Å². The number of thioether (sulfide) groups is 1. The van der Waals surface area contributed by atoms with Crippen molar-refractivity contribution in [3.63, 3.8) is 0 Å². The summed E-state index contributed by atoms with van der Waals surface area (Å²) in [5.41, 5.74) is 1.15. The molecule has 1 aliphatic heterocycles. The standard InChI is InChI=1S/C20H27N3O3S2/c1-11-6-12(2)8-23(7-11)16(24)9-26-17(25)10-27-19-18-13(3)14(4)28-20(18)22-15(5)21-19/h11-12H,6-10H2,1-5H3/t11-,12-/m1/s1. The van der Waals surface area contributed by atoms with Crippen LogP contribution < -0.4 is 0 Å². The minimum atomic E-state index is -0.398. The molecule has 1 aliphatic rings. The summed E-state index contributed by atoms with van der Waals surface area (Å²) in [6.45, 7) is 11.6. The Labute approximate surface area is 174 Å². The first kappa shape index (κ1) is 21.0. The van der Waals surface area contributed by atoms with E-state index < -0.39 is 5.97 Å². The molecule has 1 fully saturated rings. The lowest BCUT2D eigenvalue weighted by Crippen LogP contribution is -2.44. The molecule has 2 aromatic rings. The number of aromatic nitrogens is 2. The summed E-state index contributed by atoms with van der Waals surface area (Å²) in [6.07, 6.45) is 1.13. The number of ether oxygens (including phenoxy) is 1. The summed E-state index contributed by atoms with van der Waals surface area (Å²) in [6, 6.07) is 0. The molecule has 0 spiro atoms. The van der Waals surface area contributed by atoms with Crippen LogP contribution >= 0.6 is 23.1 Å². The molecule has 0 N–H and O–H groups in total. The number of amides is 1. The fourth-order valence-corrected chi connectivity index (χ4v) is 5.76. The maximum atomic E-state index is 12.4. The molecule has 6 nitrogen and oxygen atoms in total. The Kier molecular flexibility index (Phi) is 6.60. The van der Waals surface area contributed by atoms with E-state index in [1.165, 1.54) is 16.6 Å². The number of carbonyl (C=O) groups excluding carboxylic acids is 2. The lowest BCUT2D eigenvalue weighted by Gasteiger charge is -2.34. The van der Waals surface area contributed by atoms with Crippen LogP contribution in [0.4, 0.5) is 0 Å². The zero-order valence-electron chi connectivity index (χ0n) is 17.1. The smallest absolute Gasteiger partial charge is 0.316 e. The number of carbonyl (C=O) groups is 2. The number of fused-ring (bicyclic) bond motifs is 1. The van der Waals surface area contributed by atoms with E-state index in [-0.39, 0.29) is 18.3 Å².